The zero-order chi connectivity index (χ0) is 19.0. The maximum absolute atomic E-state index is 12.8. The van der Waals surface area contributed by atoms with Crippen LogP contribution in [0.4, 0.5) is 0 Å². The first-order chi connectivity index (χ1) is 13.0. The normalized spacial score (nSPS) is 14.9. The Morgan fingerprint density at radius 1 is 1.26 bits per heavy atom. The number of rotatable bonds is 6. The third-order valence-corrected chi connectivity index (χ3v) is 5.98. The van der Waals surface area contributed by atoms with E-state index in [2.05, 4.69) is 20.7 Å². The number of hydrogen-bond acceptors (Lipinski definition) is 7. The average Bonchev–Trinajstić information content (AvgIpc) is 3.40. The smallest absolute Gasteiger partial charge is 0.210 e. The molecule has 0 aliphatic heterocycles. The van der Waals surface area contributed by atoms with Gasteiger partial charge in [0, 0.05) is 23.0 Å². The largest absolute Gasteiger partial charge is 0.360 e. The lowest BCUT2D eigenvalue weighted by Gasteiger charge is -2.10. The minimum absolute atomic E-state index is 0.0561. The number of carbonyl (C=O) groups is 1. The van der Waals surface area contributed by atoms with Crippen molar-refractivity contribution in [2.45, 2.75) is 57.7 Å². The fourth-order valence-electron chi connectivity index (χ4n) is 3.72. The van der Waals surface area contributed by atoms with Crippen LogP contribution in [0, 0.1) is 20.8 Å². The Labute approximate surface area is 161 Å². The molecule has 8 nitrogen and oxygen atoms in total. The Morgan fingerprint density at radius 2 is 2.04 bits per heavy atom. The van der Waals surface area contributed by atoms with Crippen molar-refractivity contribution >= 4 is 17.5 Å². The summed E-state index contributed by atoms with van der Waals surface area (Å²) in [4.78, 5) is 12.8. The minimum Gasteiger partial charge on any atom is -0.360 e. The number of thioether (sulfide) groups is 1. The molecule has 3 aromatic rings. The summed E-state index contributed by atoms with van der Waals surface area (Å²) in [6.07, 6.45) is 4.62. The standard InChI is InChI=1S/C18H22N6O2S/c1-11-8-15(13(3)23(11)17-9-12(2)26-20-17)16(25)10-27-18-19-21-22-24(18)14-6-4-5-7-14/h8-9,14H,4-7,10H2,1-3H3. The van der Waals surface area contributed by atoms with Crippen LogP contribution in [0.25, 0.3) is 5.82 Å². The van der Waals surface area contributed by atoms with Crippen molar-refractivity contribution in [3.8, 4) is 5.82 Å². The van der Waals surface area contributed by atoms with Crippen LogP contribution < -0.4 is 0 Å². The summed E-state index contributed by atoms with van der Waals surface area (Å²) in [6, 6.07) is 4.12. The molecule has 0 saturated heterocycles. The molecule has 3 aromatic heterocycles. The van der Waals surface area contributed by atoms with Crippen LogP contribution in [0.1, 0.15) is 59.2 Å². The van der Waals surface area contributed by atoms with Gasteiger partial charge in [-0.2, -0.15) is 0 Å². The Kier molecular flexibility index (Phi) is 4.86. The van der Waals surface area contributed by atoms with Gasteiger partial charge in [-0.3, -0.25) is 9.36 Å². The van der Waals surface area contributed by atoms with E-state index < -0.39 is 0 Å². The Balaban J connectivity index is 1.50. The number of aromatic nitrogens is 6. The van der Waals surface area contributed by atoms with Gasteiger partial charge in [0.15, 0.2) is 11.6 Å². The van der Waals surface area contributed by atoms with Gasteiger partial charge in [-0.1, -0.05) is 29.8 Å². The molecule has 3 heterocycles. The first-order valence-electron chi connectivity index (χ1n) is 9.11. The molecule has 0 spiro atoms. The van der Waals surface area contributed by atoms with Gasteiger partial charge in [-0.15, -0.1) is 5.10 Å². The summed E-state index contributed by atoms with van der Waals surface area (Å²) in [6.45, 7) is 5.74. The number of hydrogen-bond donors (Lipinski definition) is 0. The zero-order valence-corrected chi connectivity index (χ0v) is 16.5. The number of carbonyl (C=O) groups excluding carboxylic acids is 1. The first-order valence-corrected chi connectivity index (χ1v) is 10.1. The molecule has 0 bridgehead atoms. The Bertz CT molecular complexity index is 967. The van der Waals surface area contributed by atoms with Gasteiger partial charge in [0.25, 0.3) is 0 Å². The van der Waals surface area contributed by atoms with Crippen molar-refractivity contribution < 1.29 is 9.32 Å². The molecule has 0 radical (unpaired) electrons. The molecule has 27 heavy (non-hydrogen) atoms. The lowest BCUT2D eigenvalue weighted by molar-refractivity contribution is 0.102. The van der Waals surface area contributed by atoms with Crippen molar-refractivity contribution in [1.29, 1.82) is 0 Å². The van der Waals surface area contributed by atoms with E-state index in [4.69, 9.17) is 4.52 Å². The van der Waals surface area contributed by atoms with Crippen LogP contribution in [0.5, 0.6) is 0 Å². The SMILES string of the molecule is Cc1cc(-n2c(C)cc(C(=O)CSc3nnnn3C3CCCC3)c2C)no1. The van der Waals surface area contributed by atoms with E-state index in [0.29, 0.717) is 23.2 Å². The van der Waals surface area contributed by atoms with Crippen LogP contribution in [0.3, 0.4) is 0 Å². The molecule has 1 saturated carbocycles. The van der Waals surface area contributed by atoms with Gasteiger partial charge in [0.2, 0.25) is 5.16 Å². The predicted molar refractivity (Wildman–Crippen MR) is 100 cm³/mol. The molecule has 4 rings (SSSR count). The van der Waals surface area contributed by atoms with Gasteiger partial charge in [-0.25, -0.2) is 4.68 Å². The summed E-state index contributed by atoms with van der Waals surface area (Å²) in [5, 5.41) is 16.8. The van der Waals surface area contributed by atoms with E-state index in [1.165, 1.54) is 24.6 Å². The highest BCUT2D eigenvalue weighted by atomic mass is 32.2. The molecule has 0 unspecified atom stereocenters. The maximum Gasteiger partial charge on any atom is 0.210 e. The number of tetrazole rings is 1. The zero-order valence-electron chi connectivity index (χ0n) is 15.7. The Morgan fingerprint density at radius 3 is 2.74 bits per heavy atom. The molecule has 0 aromatic carbocycles. The summed E-state index contributed by atoms with van der Waals surface area (Å²) < 4.78 is 8.99. The number of Topliss-reactive ketones (excluding diaryl/α,β-unsaturated/α-hetero) is 1. The summed E-state index contributed by atoms with van der Waals surface area (Å²) in [7, 11) is 0. The van der Waals surface area contributed by atoms with Crippen molar-refractivity contribution in [2.24, 2.45) is 0 Å². The Hall–Kier alpha value is -2.42. The molecule has 1 fully saturated rings. The van der Waals surface area contributed by atoms with Gasteiger partial charge in [-0.05, 0) is 50.1 Å². The minimum atomic E-state index is 0.0561. The lowest BCUT2D eigenvalue weighted by Crippen LogP contribution is -2.10. The molecule has 9 heteroatoms. The number of ketones is 1. The number of aryl methyl sites for hydroxylation is 2. The molecule has 0 atom stereocenters. The average molecular weight is 386 g/mol. The van der Waals surface area contributed by atoms with Crippen LogP contribution >= 0.6 is 11.8 Å². The highest BCUT2D eigenvalue weighted by Crippen LogP contribution is 2.31. The molecule has 1 aliphatic carbocycles. The van der Waals surface area contributed by atoms with Crippen molar-refractivity contribution in [1.82, 2.24) is 29.9 Å². The monoisotopic (exact) mass is 386 g/mol. The third kappa shape index (κ3) is 3.43. The van der Waals surface area contributed by atoms with Gasteiger partial charge < -0.3 is 4.52 Å². The topological polar surface area (TPSA) is 91.6 Å². The van der Waals surface area contributed by atoms with Gasteiger partial charge in [0.1, 0.15) is 5.76 Å². The quantitative estimate of drug-likeness (QED) is 0.473. The highest BCUT2D eigenvalue weighted by Gasteiger charge is 2.23. The molecule has 142 valence electrons. The van der Waals surface area contributed by atoms with Gasteiger partial charge >= 0.3 is 0 Å². The lowest BCUT2D eigenvalue weighted by atomic mass is 10.2. The summed E-state index contributed by atoms with van der Waals surface area (Å²) >= 11 is 1.40. The van der Waals surface area contributed by atoms with E-state index >= 15 is 0 Å². The van der Waals surface area contributed by atoms with E-state index in [1.807, 2.05) is 42.2 Å². The highest BCUT2D eigenvalue weighted by molar-refractivity contribution is 7.99. The second kappa shape index (κ2) is 7.30. The van der Waals surface area contributed by atoms with Crippen LogP contribution in [-0.2, 0) is 0 Å². The van der Waals surface area contributed by atoms with Crippen molar-refractivity contribution in [2.75, 3.05) is 5.75 Å². The first kappa shape index (κ1) is 18.0. The van der Waals surface area contributed by atoms with Crippen molar-refractivity contribution in [3.05, 3.63) is 34.8 Å². The summed E-state index contributed by atoms with van der Waals surface area (Å²) in [5.74, 6) is 1.79. The van der Waals surface area contributed by atoms with E-state index in [9.17, 15) is 4.79 Å². The predicted octanol–water partition coefficient (Wildman–Crippen LogP) is 3.47. The molecular weight excluding hydrogens is 364 g/mol. The number of nitrogens with zero attached hydrogens (tertiary/aromatic N) is 6. The summed E-state index contributed by atoms with van der Waals surface area (Å²) in [5.41, 5.74) is 2.51. The van der Waals surface area contributed by atoms with E-state index in [0.717, 1.165) is 35.1 Å². The fraction of sp³-hybridized carbons (Fsp3) is 0.500. The second-order valence-electron chi connectivity index (χ2n) is 6.97. The van der Waals surface area contributed by atoms with Crippen molar-refractivity contribution in [3.63, 3.8) is 0 Å². The second-order valence-corrected chi connectivity index (χ2v) is 7.91. The molecule has 0 N–H and O–H groups in total. The third-order valence-electron chi connectivity index (χ3n) is 5.04. The van der Waals surface area contributed by atoms with Gasteiger partial charge in [0.05, 0.1) is 11.8 Å². The fourth-order valence-corrected chi connectivity index (χ4v) is 4.55. The van der Waals surface area contributed by atoms with Crippen LogP contribution in [0.2, 0.25) is 0 Å². The maximum atomic E-state index is 12.8. The molecular formula is C18H22N6O2S. The van der Waals surface area contributed by atoms with E-state index in [-0.39, 0.29) is 5.78 Å². The van der Waals surface area contributed by atoms with E-state index in [1.54, 1.807) is 0 Å². The van der Waals surface area contributed by atoms with Crippen LogP contribution in [-0.4, -0.2) is 41.5 Å². The molecule has 1 aliphatic rings. The molecule has 0 amide bonds. The van der Waals surface area contributed by atoms with Crippen LogP contribution in [0.15, 0.2) is 21.8 Å².